The molecule has 24 heavy (non-hydrogen) atoms. The van der Waals surface area contributed by atoms with Gasteiger partial charge in [-0.1, -0.05) is 25.5 Å². The van der Waals surface area contributed by atoms with Crippen LogP contribution in [0, 0.1) is 5.82 Å². The number of piperidine rings is 1. The van der Waals surface area contributed by atoms with Gasteiger partial charge in [0.05, 0.1) is 5.75 Å². The summed E-state index contributed by atoms with van der Waals surface area (Å²) in [4.78, 5) is 14.4. The van der Waals surface area contributed by atoms with E-state index in [0.717, 1.165) is 36.9 Å². The molecular formula is C19H29FN2OS. The summed E-state index contributed by atoms with van der Waals surface area (Å²) in [6, 6.07) is 7.19. The number of carbonyl (C=O) groups is 1. The summed E-state index contributed by atoms with van der Waals surface area (Å²) in [6.07, 6.45) is 6.24. The second kappa shape index (κ2) is 10.7. The Bertz CT molecular complexity index is 495. The molecule has 5 heteroatoms. The number of hydrogen-bond donors (Lipinski definition) is 1. The fourth-order valence-electron chi connectivity index (χ4n) is 3.22. The average molecular weight is 353 g/mol. The number of carbonyl (C=O) groups excluding carboxylic acids is 1. The highest BCUT2D eigenvalue weighted by Gasteiger charge is 2.19. The third-order valence-electron chi connectivity index (χ3n) is 4.58. The Morgan fingerprint density at radius 3 is 2.88 bits per heavy atom. The molecule has 134 valence electrons. The molecule has 1 N–H and O–H groups in total. The van der Waals surface area contributed by atoms with E-state index in [9.17, 15) is 9.18 Å². The minimum atomic E-state index is -0.222. The van der Waals surface area contributed by atoms with E-state index in [4.69, 9.17) is 0 Å². The zero-order valence-electron chi connectivity index (χ0n) is 14.6. The number of thioether (sulfide) groups is 1. The van der Waals surface area contributed by atoms with Crippen molar-refractivity contribution in [3.63, 3.8) is 0 Å². The molecule has 2 rings (SSSR count). The molecule has 0 saturated carbocycles. The van der Waals surface area contributed by atoms with Gasteiger partial charge in [0.25, 0.3) is 0 Å². The van der Waals surface area contributed by atoms with Crippen LogP contribution in [0.4, 0.5) is 4.39 Å². The van der Waals surface area contributed by atoms with E-state index in [1.54, 1.807) is 23.9 Å². The van der Waals surface area contributed by atoms with Gasteiger partial charge >= 0.3 is 0 Å². The molecule has 1 atom stereocenters. The van der Waals surface area contributed by atoms with Gasteiger partial charge in [-0.15, -0.1) is 11.8 Å². The quantitative estimate of drug-likeness (QED) is 0.686. The normalized spacial score (nSPS) is 18.5. The number of nitrogens with zero attached hydrogens (tertiary/aromatic N) is 1. The second-order valence-corrected chi connectivity index (χ2v) is 7.40. The molecule has 0 spiro atoms. The van der Waals surface area contributed by atoms with Crippen LogP contribution < -0.4 is 5.32 Å². The molecular weight excluding hydrogens is 323 g/mol. The van der Waals surface area contributed by atoms with Crippen molar-refractivity contribution in [1.29, 1.82) is 0 Å². The summed E-state index contributed by atoms with van der Waals surface area (Å²) >= 11 is 1.57. The number of likely N-dealkylation sites (tertiary alicyclic amines) is 1. The van der Waals surface area contributed by atoms with Crippen molar-refractivity contribution in [3.05, 3.63) is 35.6 Å². The fourth-order valence-corrected chi connectivity index (χ4v) is 4.04. The van der Waals surface area contributed by atoms with Crippen LogP contribution >= 0.6 is 11.8 Å². The first-order valence-corrected chi connectivity index (χ1v) is 10.2. The smallest absolute Gasteiger partial charge is 0.230 e. The summed E-state index contributed by atoms with van der Waals surface area (Å²) in [7, 11) is 0. The molecule has 0 radical (unpaired) electrons. The van der Waals surface area contributed by atoms with Crippen molar-refractivity contribution in [1.82, 2.24) is 10.2 Å². The highest BCUT2D eigenvalue weighted by molar-refractivity contribution is 7.99. The minimum absolute atomic E-state index is 0.0906. The molecule has 1 fully saturated rings. The molecule has 1 aromatic rings. The summed E-state index contributed by atoms with van der Waals surface area (Å²) < 4.78 is 12.8. The van der Waals surface area contributed by atoms with E-state index < -0.39 is 0 Å². The molecule has 1 heterocycles. The van der Waals surface area contributed by atoms with Crippen LogP contribution in [0.25, 0.3) is 0 Å². The predicted octanol–water partition coefficient (Wildman–Crippen LogP) is 3.83. The van der Waals surface area contributed by atoms with E-state index in [1.165, 1.54) is 44.4 Å². The molecule has 0 aliphatic carbocycles. The Kier molecular flexibility index (Phi) is 8.60. The molecule has 1 amide bonds. The second-order valence-electron chi connectivity index (χ2n) is 6.42. The number of hydrogen-bond acceptors (Lipinski definition) is 3. The molecule has 0 aromatic heterocycles. The number of amides is 1. The van der Waals surface area contributed by atoms with Gasteiger partial charge in [0.1, 0.15) is 5.82 Å². The van der Waals surface area contributed by atoms with Gasteiger partial charge in [0, 0.05) is 24.9 Å². The third kappa shape index (κ3) is 6.81. The van der Waals surface area contributed by atoms with E-state index in [2.05, 4.69) is 17.1 Å². The topological polar surface area (TPSA) is 32.3 Å². The molecule has 1 aromatic carbocycles. The van der Waals surface area contributed by atoms with Crippen LogP contribution in [0.2, 0.25) is 0 Å². The van der Waals surface area contributed by atoms with E-state index in [1.807, 2.05) is 0 Å². The van der Waals surface area contributed by atoms with Crippen LogP contribution in [-0.2, 0) is 10.5 Å². The molecule has 0 unspecified atom stereocenters. The van der Waals surface area contributed by atoms with Gasteiger partial charge < -0.3 is 10.2 Å². The average Bonchev–Trinajstić information content (AvgIpc) is 2.61. The number of rotatable bonds is 9. The van der Waals surface area contributed by atoms with Crippen LogP contribution in [0.3, 0.4) is 0 Å². The Morgan fingerprint density at radius 1 is 1.33 bits per heavy atom. The standard InChI is InChI=1S/C19H29FN2OS/c1-2-18-6-3-4-12-22(18)13-5-11-21-19(23)15-24-14-16-7-9-17(20)10-8-16/h7-10,18H,2-6,11-15H2,1H3,(H,21,23)/t18-/m1/s1. The zero-order chi connectivity index (χ0) is 17.2. The van der Waals surface area contributed by atoms with Crippen LogP contribution in [-0.4, -0.2) is 42.2 Å². The fraction of sp³-hybridized carbons (Fsp3) is 0.632. The van der Waals surface area contributed by atoms with Crippen molar-refractivity contribution in [2.75, 3.05) is 25.4 Å². The summed E-state index contributed by atoms with van der Waals surface area (Å²) in [5, 5.41) is 3.00. The summed E-state index contributed by atoms with van der Waals surface area (Å²) in [5.41, 5.74) is 1.05. The van der Waals surface area contributed by atoms with Gasteiger partial charge in [-0.2, -0.15) is 0 Å². The monoisotopic (exact) mass is 352 g/mol. The van der Waals surface area contributed by atoms with Crippen LogP contribution in [0.5, 0.6) is 0 Å². The Hall–Kier alpha value is -1.07. The molecule has 1 aliphatic heterocycles. The molecule has 3 nitrogen and oxygen atoms in total. The van der Waals surface area contributed by atoms with Gasteiger partial charge in [0.2, 0.25) is 5.91 Å². The highest BCUT2D eigenvalue weighted by atomic mass is 32.2. The molecule has 1 aliphatic rings. The SMILES string of the molecule is CC[C@@H]1CCCCN1CCCNC(=O)CSCc1ccc(F)cc1. The Balaban J connectivity index is 1.54. The number of benzene rings is 1. The van der Waals surface area contributed by atoms with Crippen molar-refractivity contribution in [2.24, 2.45) is 0 Å². The van der Waals surface area contributed by atoms with Gasteiger partial charge in [-0.3, -0.25) is 4.79 Å². The van der Waals surface area contributed by atoms with Crippen molar-refractivity contribution in [2.45, 2.75) is 50.8 Å². The maximum Gasteiger partial charge on any atom is 0.230 e. The van der Waals surface area contributed by atoms with Crippen LogP contribution in [0.15, 0.2) is 24.3 Å². The first-order chi connectivity index (χ1) is 11.7. The van der Waals surface area contributed by atoms with Crippen molar-refractivity contribution < 1.29 is 9.18 Å². The first kappa shape index (κ1) is 19.3. The maximum absolute atomic E-state index is 12.8. The number of halogens is 1. The molecule has 0 bridgehead atoms. The molecule has 1 saturated heterocycles. The van der Waals surface area contributed by atoms with Gasteiger partial charge in [-0.25, -0.2) is 4.39 Å². The maximum atomic E-state index is 12.8. The summed E-state index contributed by atoms with van der Waals surface area (Å²) in [6.45, 7) is 5.31. The van der Waals surface area contributed by atoms with E-state index in [-0.39, 0.29) is 11.7 Å². The lowest BCUT2D eigenvalue weighted by Crippen LogP contribution is -2.40. The summed E-state index contributed by atoms with van der Waals surface area (Å²) in [5.74, 6) is 1.06. The lowest BCUT2D eigenvalue weighted by atomic mass is 10.00. The van der Waals surface area contributed by atoms with E-state index >= 15 is 0 Å². The van der Waals surface area contributed by atoms with E-state index in [0.29, 0.717) is 5.75 Å². The third-order valence-corrected chi connectivity index (χ3v) is 5.58. The Labute approximate surface area is 149 Å². The lowest BCUT2D eigenvalue weighted by molar-refractivity contribution is -0.118. The van der Waals surface area contributed by atoms with Crippen molar-refractivity contribution >= 4 is 17.7 Å². The van der Waals surface area contributed by atoms with Gasteiger partial charge in [0.15, 0.2) is 0 Å². The van der Waals surface area contributed by atoms with Crippen molar-refractivity contribution in [3.8, 4) is 0 Å². The first-order valence-electron chi connectivity index (χ1n) is 9.02. The Morgan fingerprint density at radius 2 is 2.12 bits per heavy atom. The minimum Gasteiger partial charge on any atom is -0.355 e. The van der Waals surface area contributed by atoms with Crippen LogP contribution in [0.1, 0.15) is 44.6 Å². The number of nitrogens with one attached hydrogen (secondary N) is 1. The van der Waals surface area contributed by atoms with Gasteiger partial charge in [-0.05, 0) is 49.9 Å². The predicted molar refractivity (Wildman–Crippen MR) is 99.7 cm³/mol. The highest BCUT2D eigenvalue weighted by Crippen LogP contribution is 2.19. The largest absolute Gasteiger partial charge is 0.355 e. The zero-order valence-corrected chi connectivity index (χ0v) is 15.4. The lowest BCUT2D eigenvalue weighted by Gasteiger charge is -2.35.